The van der Waals surface area contributed by atoms with E-state index >= 15 is 0 Å². The molecule has 5 nitrogen and oxygen atoms in total. The predicted octanol–water partition coefficient (Wildman–Crippen LogP) is 5.28. The van der Waals surface area contributed by atoms with Crippen molar-refractivity contribution in [2.24, 2.45) is 11.8 Å². The standard InChI is InChI=1S/C24H31N3O2S/c1-2-3-7-17-10-12-18(13-11-17)22(28)26-24-25-20-14-15-27(16-21(20)30-24)23(29)19-8-5-4-6-9-19/h4-6,8-9,17-18H,2-3,7,10-16H2,1H3,(H,25,26,28). The summed E-state index contributed by atoms with van der Waals surface area (Å²) in [6.07, 6.45) is 8.92. The Morgan fingerprint density at radius 1 is 1.17 bits per heavy atom. The number of nitrogens with one attached hydrogen (secondary N) is 1. The van der Waals surface area contributed by atoms with Gasteiger partial charge in [0.05, 0.1) is 12.2 Å². The lowest BCUT2D eigenvalue weighted by Crippen LogP contribution is -2.35. The number of amides is 2. The minimum atomic E-state index is 0.0556. The summed E-state index contributed by atoms with van der Waals surface area (Å²) in [4.78, 5) is 33.1. The van der Waals surface area contributed by atoms with Gasteiger partial charge in [0.2, 0.25) is 5.91 Å². The van der Waals surface area contributed by atoms with Gasteiger partial charge in [-0.05, 0) is 43.7 Å². The molecule has 2 heterocycles. The lowest BCUT2D eigenvalue weighted by atomic mass is 9.79. The van der Waals surface area contributed by atoms with Crippen LogP contribution in [0.2, 0.25) is 0 Å². The van der Waals surface area contributed by atoms with Crippen molar-refractivity contribution in [3.63, 3.8) is 0 Å². The second-order valence-electron chi connectivity index (χ2n) is 8.58. The van der Waals surface area contributed by atoms with Gasteiger partial charge in [-0.25, -0.2) is 4.98 Å². The molecule has 0 spiro atoms. The smallest absolute Gasteiger partial charge is 0.254 e. The van der Waals surface area contributed by atoms with Crippen molar-refractivity contribution in [3.8, 4) is 0 Å². The number of carbonyl (C=O) groups excluding carboxylic acids is 2. The number of fused-ring (bicyclic) bond motifs is 1. The Morgan fingerprint density at radius 3 is 2.67 bits per heavy atom. The zero-order valence-electron chi connectivity index (χ0n) is 17.7. The van der Waals surface area contributed by atoms with E-state index in [0.717, 1.165) is 35.8 Å². The first-order valence-corrected chi connectivity index (χ1v) is 12.1. The van der Waals surface area contributed by atoms with E-state index in [1.54, 1.807) is 0 Å². The zero-order chi connectivity index (χ0) is 20.9. The van der Waals surface area contributed by atoms with Crippen LogP contribution in [0.3, 0.4) is 0 Å². The van der Waals surface area contributed by atoms with Gasteiger partial charge in [-0.15, -0.1) is 0 Å². The quantitative estimate of drug-likeness (QED) is 0.685. The highest BCUT2D eigenvalue weighted by atomic mass is 32.1. The Morgan fingerprint density at radius 2 is 1.93 bits per heavy atom. The fourth-order valence-electron chi connectivity index (χ4n) is 4.60. The lowest BCUT2D eigenvalue weighted by molar-refractivity contribution is -0.121. The van der Waals surface area contributed by atoms with Gasteiger partial charge in [-0.3, -0.25) is 9.59 Å². The third kappa shape index (κ3) is 4.91. The minimum absolute atomic E-state index is 0.0556. The van der Waals surface area contributed by atoms with E-state index in [-0.39, 0.29) is 17.7 Å². The highest BCUT2D eigenvalue weighted by molar-refractivity contribution is 7.15. The summed E-state index contributed by atoms with van der Waals surface area (Å²) < 4.78 is 0. The van der Waals surface area contributed by atoms with Gasteiger partial charge in [-0.1, -0.05) is 55.7 Å². The van der Waals surface area contributed by atoms with Crippen LogP contribution in [0, 0.1) is 11.8 Å². The summed E-state index contributed by atoms with van der Waals surface area (Å²) in [6, 6.07) is 9.40. The number of hydrogen-bond acceptors (Lipinski definition) is 4. The number of nitrogens with zero attached hydrogens (tertiary/aromatic N) is 2. The average molecular weight is 426 g/mol. The number of hydrogen-bond donors (Lipinski definition) is 1. The van der Waals surface area contributed by atoms with Crippen LogP contribution in [0.4, 0.5) is 5.13 Å². The fourth-order valence-corrected chi connectivity index (χ4v) is 5.63. The molecule has 0 bridgehead atoms. The molecule has 2 amide bonds. The molecule has 6 heteroatoms. The topological polar surface area (TPSA) is 62.3 Å². The lowest BCUT2D eigenvalue weighted by Gasteiger charge is -2.27. The van der Waals surface area contributed by atoms with Crippen molar-refractivity contribution in [1.82, 2.24) is 9.88 Å². The van der Waals surface area contributed by atoms with Gasteiger partial charge in [0.25, 0.3) is 5.91 Å². The van der Waals surface area contributed by atoms with Crippen molar-refractivity contribution in [1.29, 1.82) is 0 Å². The first-order valence-electron chi connectivity index (χ1n) is 11.3. The maximum atomic E-state index is 12.7. The van der Waals surface area contributed by atoms with Gasteiger partial charge in [0.15, 0.2) is 5.13 Å². The van der Waals surface area contributed by atoms with Gasteiger partial charge in [-0.2, -0.15) is 0 Å². The number of rotatable bonds is 6. The maximum absolute atomic E-state index is 12.7. The molecule has 0 atom stereocenters. The summed E-state index contributed by atoms with van der Waals surface area (Å²) in [7, 11) is 0. The molecule has 2 aromatic rings. The molecule has 0 radical (unpaired) electrons. The molecule has 1 saturated carbocycles. The SMILES string of the molecule is CCCCC1CCC(C(=O)Nc2nc3c(s2)CN(C(=O)c2ccccc2)CC3)CC1. The highest BCUT2D eigenvalue weighted by Crippen LogP contribution is 2.34. The molecule has 1 aliphatic carbocycles. The van der Waals surface area contributed by atoms with Gasteiger partial charge < -0.3 is 10.2 Å². The molecule has 1 aromatic heterocycles. The number of unbranched alkanes of at least 4 members (excludes halogenated alkanes) is 1. The van der Waals surface area contributed by atoms with Crippen LogP contribution in [-0.4, -0.2) is 28.2 Å². The third-order valence-corrected chi connectivity index (χ3v) is 7.45. The maximum Gasteiger partial charge on any atom is 0.254 e. The van der Waals surface area contributed by atoms with Crippen molar-refractivity contribution in [2.45, 2.75) is 64.8 Å². The van der Waals surface area contributed by atoms with Gasteiger partial charge in [0, 0.05) is 29.3 Å². The van der Waals surface area contributed by atoms with Crippen molar-refractivity contribution < 1.29 is 9.59 Å². The van der Waals surface area contributed by atoms with Crippen LogP contribution in [-0.2, 0) is 17.8 Å². The largest absolute Gasteiger partial charge is 0.333 e. The molecule has 1 N–H and O–H groups in total. The first-order chi connectivity index (χ1) is 14.6. The van der Waals surface area contributed by atoms with Crippen LogP contribution in [0.5, 0.6) is 0 Å². The number of carbonyl (C=O) groups is 2. The Balaban J connectivity index is 1.32. The summed E-state index contributed by atoms with van der Waals surface area (Å²) in [5.41, 5.74) is 1.74. The normalized spacial score (nSPS) is 21.2. The van der Waals surface area contributed by atoms with E-state index in [1.165, 1.54) is 43.4 Å². The van der Waals surface area contributed by atoms with Gasteiger partial charge >= 0.3 is 0 Å². The van der Waals surface area contributed by atoms with Crippen LogP contribution in [0.25, 0.3) is 0 Å². The molecular weight excluding hydrogens is 394 g/mol. The molecule has 30 heavy (non-hydrogen) atoms. The molecule has 0 unspecified atom stereocenters. The second kappa shape index (κ2) is 9.73. The molecule has 2 aliphatic rings. The van der Waals surface area contributed by atoms with E-state index in [1.807, 2.05) is 35.2 Å². The van der Waals surface area contributed by atoms with Crippen molar-refractivity contribution >= 4 is 28.3 Å². The predicted molar refractivity (Wildman–Crippen MR) is 121 cm³/mol. The molecule has 4 rings (SSSR count). The van der Waals surface area contributed by atoms with E-state index in [9.17, 15) is 9.59 Å². The van der Waals surface area contributed by atoms with Crippen LogP contribution >= 0.6 is 11.3 Å². The summed E-state index contributed by atoms with van der Waals surface area (Å²) in [5, 5.41) is 3.75. The van der Waals surface area contributed by atoms with E-state index in [4.69, 9.17) is 0 Å². The number of anilines is 1. The molecular formula is C24H31N3O2S. The Labute approximate surface area is 182 Å². The molecule has 0 saturated heterocycles. The van der Waals surface area contributed by atoms with E-state index in [0.29, 0.717) is 23.8 Å². The number of benzene rings is 1. The fraction of sp³-hybridized carbons (Fsp3) is 0.542. The first kappa shape index (κ1) is 21.0. The third-order valence-electron chi connectivity index (χ3n) is 6.45. The van der Waals surface area contributed by atoms with E-state index in [2.05, 4.69) is 17.2 Å². The Bertz CT molecular complexity index is 872. The number of thiazole rings is 1. The average Bonchev–Trinajstić information content (AvgIpc) is 3.19. The molecule has 1 aromatic carbocycles. The van der Waals surface area contributed by atoms with Crippen molar-refractivity contribution in [2.75, 3.05) is 11.9 Å². The van der Waals surface area contributed by atoms with Crippen LogP contribution in [0.1, 0.15) is 72.8 Å². The molecule has 160 valence electrons. The second-order valence-corrected chi connectivity index (χ2v) is 9.66. The molecule has 1 fully saturated rings. The monoisotopic (exact) mass is 425 g/mol. The summed E-state index contributed by atoms with van der Waals surface area (Å²) in [6.45, 7) is 3.47. The van der Waals surface area contributed by atoms with Crippen molar-refractivity contribution in [3.05, 3.63) is 46.5 Å². The number of aromatic nitrogens is 1. The zero-order valence-corrected chi connectivity index (χ0v) is 18.5. The van der Waals surface area contributed by atoms with Gasteiger partial charge in [0.1, 0.15) is 0 Å². The van der Waals surface area contributed by atoms with E-state index < -0.39 is 0 Å². The summed E-state index contributed by atoms with van der Waals surface area (Å²) >= 11 is 1.52. The molecule has 1 aliphatic heterocycles. The summed E-state index contributed by atoms with van der Waals surface area (Å²) in [5.74, 6) is 1.08. The Kier molecular flexibility index (Phi) is 6.82. The van der Waals surface area contributed by atoms with Crippen LogP contribution in [0.15, 0.2) is 30.3 Å². The van der Waals surface area contributed by atoms with Crippen LogP contribution < -0.4 is 5.32 Å². The highest BCUT2D eigenvalue weighted by Gasteiger charge is 2.28. The Hall–Kier alpha value is -2.21. The minimum Gasteiger partial charge on any atom is -0.333 e.